The van der Waals surface area contributed by atoms with Crippen LogP contribution in [0.2, 0.25) is 0 Å². The van der Waals surface area contributed by atoms with Gasteiger partial charge in [-0.25, -0.2) is 12.8 Å². The molecule has 1 aliphatic heterocycles. The van der Waals surface area contributed by atoms with Crippen molar-refractivity contribution in [3.8, 4) is 0 Å². The lowest BCUT2D eigenvalue weighted by atomic mass is 10.2. The molecule has 0 saturated heterocycles. The third-order valence-corrected chi connectivity index (χ3v) is 5.18. The lowest BCUT2D eigenvalue weighted by molar-refractivity contribution is 0.0749. The zero-order valence-corrected chi connectivity index (χ0v) is 13.5. The molecule has 122 valence electrons. The number of carbonyl (C=O) groups excluding carboxylic acids is 1. The van der Waals surface area contributed by atoms with Crippen LogP contribution in [0.5, 0.6) is 0 Å². The lowest BCUT2D eigenvalue weighted by Crippen LogP contribution is -2.36. The van der Waals surface area contributed by atoms with Crippen LogP contribution < -0.4 is 4.72 Å². The molecule has 6 nitrogen and oxygen atoms in total. The van der Waals surface area contributed by atoms with E-state index in [4.69, 9.17) is 0 Å². The summed E-state index contributed by atoms with van der Waals surface area (Å²) in [6.07, 6.45) is 1.44. The summed E-state index contributed by atoms with van der Waals surface area (Å²) in [5, 5.41) is 0. The summed E-state index contributed by atoms with van der Waals surface area (Å²) in [5.41, 5.74) is 0.962. The fourth-order valence-corrected chi connectivity index (χ4v) is 3.56. The number of benzene rings is 1. The van der Waals surface area contributed by atoms with E-state index in [2.05, 4.69) is 4.72 Å². The number of hydrogen-bond donors (Lipinski definition) is 1. The summed E-state index contributed by atoms with van der Waals surface area (Å²) in [5.74, 6) is -0.615. The Morgan fingerprint density at radius 2 is 1.96 bits per heavy atom. The molecule has 2 aromatic rings. The SMILES string of the molecule is Cc1cc(NS(=O)(=O)c2cc3n(c2)CCN(C)C3=O)ccc1F. The molecule has 23 heavy (non-hydrogen) atoms. The van der Waals surface area contributed by atoms with E-state index in [1.165, 1.54) is 30.5 Å². The van der Waals surface area contributed by atoms with Crippen molar-refractivity contribution >= 4 is 21.6 Å². The Bertz CT molecular complexity index is 889. The van der Waals surface area contributed by atoms with Gasteiger partial charge in [0, 0.05) is 32.0 Å². The monoisotopic (exact) mass is 337 g/mol. The summed E-state index contributed by atoms with van der Waals surface area (Å²) in [6.45, 7) is 2.63. The number of nitrogens with one attached hydrogen (secondary N) is 1. The Labute approximate surface area is 133 Å². The summed E-state index contributed by atoms with van der Waals surface area (Å²) in [6, 6.07) is 5.34. The molecule has 1 aromatic carbocycles. The number of sulfonamides is 1. The van der Waals surface area contributed by atoms with Crippen LogP contribution in [0.25, 0.3) is 0 Å². The minimum atomic E-state index is -3.84. The molecule has 1 aliphatic rings. The van der Waals surface area contributed by atoms with E-state index in [1.807, 2.05) is 0 Å². The average molecular weight is 337 g/mol. The maximum Gasteiger partial charge on any atom is 0.270 e. The van der Waals surface area contributed by atoms with Crippen LogP contribution in [0.15, 0.2) is 35.4 Å². The van der Waals surface area contributed by atoms with Gasteiger partial charge in [0.25, 0.3) is 15.9 Å². The summed E-state index contributed by atoms with van der Waals surface area (Å²) in [7, 11) is -2.17. The van der Waals surface area contributed by atoms with Crippen molar-refractivity contribution in [2.24, 2.45) is 0 Å². The highest BCUT2D eigenvalue weighted by molar-refractivity contribution is 7.92. The highest BCUT2D eigenvalue weighted by Crippen LogP contribution is 2.22. The third kappa shape index (κ3) is 2.81. The van der Waals surface area contributed by atoms with Crippen LogP contribution in [-0.4, -0.2) is 37.4 Å². The maximum absolute atomic E-state index is 13.3. The first-order chi connectivity index (χ1) is 10.8. The molecule has 0 radical (unpaired) electrons. The minimum absolute atomic E-state index is 0.0122. The highest BCUT2D eigenvalue weighted by atomic mass is 32.2. The van der Waals surface area contributed by atoms with Gasteiger partial charge in [-0.05, 0) is 36.8 Å². The van der Waals surface area contributed by atoms with Crippen molar-refractivity contribution in [1.82, 2.24) is 9.47 Å². The molecular weight excluding hydrogens is 321 g/mol. The van der Waals surface area contributed by atoms with Gasteiger partial charge in [0.2, 0.25) is 0 Å². The van der Waals surface area contributed by atoms with Crippen molar-refractivity contribution in [1.29, 1.82) is 0 Å². The van der Waals surface area contributed by atoms with Gasteiger partial charge in [-0.3, -0.25) is 9.52 Å². The van der Waals surface area contributed by atoms with Crippen LogP contribution in [0.1, 0.15) is 16.1 Å². The molecule has 1 N–H and O–H groups in total. The molecule has 0 saturated carbocycles. The Kier molecular flexibility index (Phi) is 3.63. The smallest absolute Gasteiger partial charge is 0.270 e. The lowest BCUT2D eigenvalue weighted by Gasteiger charge is -2.23. The average Bonchev–Trinajstić information content (AvgIpc) is 2.92. The zero-order valence-electron chi connectivity index (χ0n) is 12.7. The molecular formula is C15H16FN3O3S. The predicted octanol–water partition coefficient (Wildman–Crippen LogP) is 1.82. The Morgan fingerprint density at radius 1 is 1.22 bits per heavy atom. The fourth-order valence-electron chi connectivity index (χ4n) is 2.47. The van der Waals surface area contributed by atoms with E-state index >= 15 is 0 Å². The molecule has 2 heterocycles. The van der Waals surface area contributed by atoms with Gasteiger partial charge in [0.1, 0.15) is 16.4 Å². The predicted molar refractivity (Wildman–Crippen MR) is 83.3 cm³/mol. The first-order valence-corrected chi connectivity index (χ1v) is 8.51. The van der Waals surface area contributed by atoms with Gasteiger partial charge in [-0.15, -0.1) is 0 Å². The van der Waals surface area contributed by atoms with Crippen molar-refractivity contribution in [2.45, 2.75) is 18.4 Å². The van der Waals surface area contributed by atoms with Gasteiger partial charge in [-0.2, -0.15) is 0 Å². The molecule has 1 amide bonds. The van der Waals surface area contributed by atoms with Crippen molar-refractivity contribution < 1.29 is 17.6 Å². The largest absolute Gasteiger partial charge is 0.340 e. The fraction of sp³-hybridized carbons (Fsp3) is 0.267. The molecule has 3 rings (SSSR count). The summed E-state index contributed by atoms with van der Waals surface area (Å²) in [4.78, 5) is 13.6. The van der Waals surface area contributed by atoms with Gasteiger partial charge in [0.15, 0.2) is 0 Å². The number of nitrogens with zero attached hydrogens (tertiary/aromatic N) is 2. The number of likely N-dealkylation sites (N-methyl/N-ethyl adjacent to an activating group) is 1. The van der Waals surface area contributed by atoms with Gasteiger partial charge >= 0.3 is 0 Å². The van der Waals surface area contributed by atoms with Crippen LogP contribution in [0.4, 0.5) is 10.1 Å². The number of carbonyl (C=O) groups is 1. The number of fused-ring (bicyclic) bond motifs is 1. The maximum atomic E-state index is 13.3. The topological polar surface area (TPSA) is 71.4 Å². The molecule has 8 heteroatoms. The molecule has 0 unspecified atom stereocenters. The first-order valence-electron chi connectivity index (χ1n) is 7.02. The van der Waals surface area contributed by atoms with E-state index in [1.54, 1.807) is 23.4 Å². The number of rotatable bonds is 3. The molecule has 0 aliphatic carbocycles. The quantitative estimate of drug-likeness (QED) is 0.929. The first kappa shape index (κ1) is 15.5. The number of halogens is 1. The summed E-state index contributed by atoms with van der Waals surface area (Å²) >= 11 is 0. The van der Waals surface area contributed by atoms with Crippen LogP contribution in [-0.2, 0) is 16.6 Å². The number of amides is 1. The van der Waals surface area contributed by atoms with Gasteiger partial charge in [-0.1, -0.05) is 0 Å². The van der Waals surface area contributed by atoms with Crippen molar-refractivity contribution in [2.75, 3.05) is 18.3 Å². The molecule has 0 fully saturated rings. The second-order valence-electron chi connectivity index (χ2n) is 5.55. The van der Waals surface area contributed by atoms with E-state index in [0.29, 0.717) is 24.3 Å². The molecule has 0 atom stereocenters. The second kappa shape index (κ2) is 5.38. The Hall–Kier alpha value is -2.35. The summed E-state index contributed by atoms with van der Waals surface area (Å²) < 4.78 is 42.2. The number of anilines is 1. The van der Waals surface area contributed by atoms with E-state index in [9.17, 15) is 17.6 Å². The van der Waals surface area contributed by atoms with Crippen LogP contribution >= 0.6 is 0 Å². The molecule has 0 bridgehead atoms. The van der Waals surface area contributed by atoms with Crippen molar-refractivity contribution in [3.05, 3.63) is 47.5 Å². The standard InChI is InChI=1S/C15H16FN3O3S/c1-10-7-11(3-4-13(10)16)17-23(21,22)12-8-14-15(20)18(2)5-6-19(14)9-12/h3-4,7-9,17H,5-6H2,1-2H3. The zero-order chi connectivity index (χ0) is 16.8. The van der Waals surface area contributed by atoms with Gasteiger partial charge in [0.05, 0.1) is 0 Å². The molecule has 1 aromatic heterocycles. The van der Waals surface area contributed by atoms with Crippen LogP contribution in [0.3, 0.4) is 0 Å². The second-order valence-corrected chi connectivity index (χ2v) is 7.23. The van der Waals surface area contributed by atoms with E-state index < -0.39 is 15.8 Å². The third-order valence-electron chi connectivity index (χ3n) is 3.83. The molecule has 0 spiro atoms. The number of aryl methyl sites for hydroxylation is 1. The van der Waals surface area contributed by atoms with E-state index in [0.717, 1.165) is 0 Å². The van der Waals surface area contributed by atoms with Crippen LogP contribution in [0, 0.1) is 12.7 Å². The minimum Gasteiger partial charge on any atom is -0.340 e. The number of aromatic nitrogens is 1. The van der Waals surface area contributed by atoms with E-state index in [-0.39, 0.29) is 16.5 Å². The number of hydrogen-bond acceptors (Lipinski definition) is 3. The van der Waals surface area contributed by atoms with Crippen molar-refractivity contribution in [3.63, 3.8) is 0 Å². The Morgan fingerprint density at radius 3 is 2.65 bits per heavy atom. The highest BCUT2D eigenvalue weighted by Gasteiger charge is 2.26. The Balaban J connectivity index is 1.93. The normalized spacial score (nSPS) is 14.7. The van der Waals surface area contributed by atoms with Gasteiger partial charge < -0.3 is 9.47 Å².